The van der Waals surface area contributed by atoms with Crippen molar-refractivity contribution in [3.8, 4) is 6.07 Å². The number of hydrogen-bond acceptors (Lipinski definition) is 3. The number of rotatable bonds is 4. The van der Waals surface area contributed by atoms with Gasteiger partial charge in [0, 0.05) is 23.8 Å². The Morgan fingerprint density at radius 1 is 1.55 bits per heavy atom. The van der Waals surface area contributed by atoms with Crippen LogP contribution in [0.1, 0.15) is 12.5 Å². The Hall–Kier alpha value is -2.07. The van der Waals surface area contributed by atoms with E-state index in [0.29, 0.717) is 15.7 Å². The number of aliphatic carboxylic acids is 1. The number of urea groups is 1. The second-order valence-electron chi connectivity index (χ2n) is 4.36. The minimum atomic E-state index is -0.953. The lowest BCUT2D eigenvalue weighted by Gasteiger charge is -2.20. The molecular formula is C13H14BrN3O3. The van der Waals surface area contributed by atoms with Gasteiger partial charge in [-0.1, -0.05) is 6.92 Å². The average Bonchev–Trinajstić information content (AvgIpc) is 2.38. The molecule has 1 aromatic rings. The van der Waals surface area contributed by atoms with Crippen LogP contribution in [0.4, 0.5) is 10.5 Å². The Labute approximate surface area is 125 Å². The van der Waals surface area contributed by atoms with E-state index >= 15 is 0 Å². The molecule has 0 saturated carbocycles. The van der Waals surface area contributed by atoms with Crippen molar-refractivity contribution in [2.24, 2.45) is 5.92 Å². The lowest BCUT2D eigenvalue weighted by Crippen LogP contribution is -2.36. The molecule has 6 nitrogen and oxygen atoms in total. The van der Waals surface area contributed by atoms with Crippen molar-refractivity contribution < 1.29 is 14.7 Å². The zero-order valence-electron chi connectivity index (χ0n) is 11.1. The van der Waals surface area contributed by atoms with Crippen LogP contribution < -0.4 is 5.32 Å². The minimum absolute atomic E-state index is 0.110. The summed E-state index contributed by atoms with van der Waals surface area (Å²) in [6.45, 7) is 1.64. The summed E-state index contributed by atoms with van der Waals surface area (Å²) < 4.78 is 0.583. The molecule has 0 aliphatic rings. The lowest BCUT2D eigenvalue weighted by molar-refractivity contribution is -0.141. The van der Waals surface area contributed by atoms with Crippen LogP contribution >= 0.6 is 15.9 Å². The summed E-state index contributed by atoms with van der Waals surface area (Å²) in [5.74, 6) is -1.59. The van der Waals surface area contributed by atoms with E-state index in [-0.39, 0.29) is 6.54 Å². The number of nitriles is 1. The molecule has 106 valence electrons. The Kier molecular flexibility index (Phi) is 5.53. The number of nitrogens with one attached hydrogen (secondary N) is 1. The standard InChI is InChI=1S/C13H14BrN3O3/c1-8(12(18)19)7-17(2)13(20)16-10-4-3-9(6-15)11(14)5-10/h3-5,8H,7H2,1-2H3,(H,16,20)(H,18,19). The van der Waals surface area contributed by atoms with Gasteiger partial charge in [-0.3, -0.25) is 4.79 Å². The van der Waals surface area contributed by atoms with Gasteiger partial charge < -0.3 is 15.3 Å². The number of benzene rings is 1. The summed E-state index contributed by atoms with van der Waals surface area (Å²) >= 11 is 3.23. The van der Waals surface area contributed by atoms with E-state index in [4.69, 9.17) is 10.4 Å². The van der Waals surface area contributed by atoms with Crippen molar-refractivity contribution in [3.05, 3.63) is 28.2 Å². The van der Waals surface area contributed by atoms with E-state index in [1.807, 2.05) is 6.07 Å². The van der Waals surface area contributed by atoms with Gasteiger partial charge in [-0.2, -0.15) is 5.26 Å². The zero-order valence-corrected chi connectivity index (χ0v) is 12.6. The number of nitrogens with zero attached hydrogens (tertiary/aromatic N) is 2. The molecule has 1 aromatic carbocycles. The molecule has 20 heavy (non-hydrogen) atoms. The van der Waals surface area contributed by atoms with Crippen LogP contribution in [0.25, 0.3) is 0 Å². The van der Waals surface area contributed by atoms with Crippen molar-refractivity contribution in [1.82, 2.24) is 4.90 Å². The van der Waals surface area contributed by atoms with Crippen molar-refractivity contribution in [2.45, 2.75) is 6.92 Å². The highest BCUT2D eigenvalue weighted by atomic mass is 79.9. The minimum Gasteiger partial charge on any atom is -0.481 e. The Bertz CT molecular complexity index is 568. The van der Waals surface area contributed by atoms with E-state index < -0.39 is 17.9 Å². The van der Waals surface area contributed by atoms with Crippen LogP contribution in [-0.4, -0.2) is 35.6 Å². The average molecular weight is 340 g/mol. The number of carbonyl (C=O) groups is 2. The number of carboxylic acids is 1. The smallest absolute Gasteiger partial charge is 0.321 e. The summed E-state index contributed by atoms with van der Waals surface area (Å²) in [7, 11) is 1.52. The Balaban J connectivity index is 2.69. The summed E-state index contributed by atoms with van der Waals surface area (Å²) in [6.07, 6.45) is 0. The number of hydrogen-bond donors (Lipinski definition) is 2. The third-order valence-electron chi connectivity index (χ3n) is 2.66. The lowest BCUT2D eigenvalue weighted by atomic mass is 10.2. The van der Waals surface area contributed by atoms with Gasteiger partial charge in [0.1, 0.15) is 6.07 Å². The van der Waals surface area contributed by atoms with E-state index in [1.54, 1.807) is 18.2 Å². The van der Waals surface area contributed by atoms with Crippen LogP contribution in [0.5, 0.6) is 0 Å². The number of carboxylic acid groups (broad SMARTS) is 1. The second-order valence-corrected chi connectivity index (χ2v) is 5.21. The maximum absolute atomic E-state index is 11.9. The van der Waals surface area contributed by atoms with Crippen molar-refractivity contribution >= 4 is 33.6 Å². The molecule has 0 aliphatic heterocycles. The molecule has 0 radical (unpaired) electrons. The van der Waals surface area contributed by atoms with Crippen LogP contribution in [0.15, 0.2) is 22.7 Å². The van der Waals surface area contributed by atoms with Gasteiger partial charge in [0.2, 0.25) is 0 Å². The highest BCUT2D eigenvalue weighted by molar-refractivity contribution is 9.10. The first-order chi connectivity index (χ1) is 9.35. The molecule has 0 aromatic heterocycles. The third-order valence-corrected chi connectivity index (χ3v) is 3.31. The van der Waals surface area contributed by atoms with Gasteiger partial charge in [0.25, 0.3) is 0 Å². The first-order valence-corrected chi connectivity index (χ1v) is 6.59. The first kappa shape index (κ1) is 16.0. The number of carbonyl (C=O) groups excluding carboxylic acids is 1. The van der Waals surface area contributed by atoms with E-state index in [9.17, 15) is 9.59 Å². The highest BCUT2D eigenvalue weighted by Crippen LogP contribution is 2.21. The van der Waals surface area contributed by atoms with E-state index in [2.05, 4.69) is 21.2 Å². The molecular weight excluding hydrogens is 326 g/mol. The molecule has 1 atom stereocenters. The molecule has 0 spiro atoms. The monoisotopic (exact) mass is 339 g/mol. The zero-order chi connectivity index (χ0) is 15.3. The summed E-state index contributed by atoms with van der Waals surface area (Å²) in [5, 5.41) is 20.2. The third kappa shape index (κ3) is 4.24. The SMILES string of the molecule is CC(CN(C)C(=O)Nc1ccc(C#N)c(Br)c1)C(=O)O. The molecule has 1 rings (SSSR count). The fourth-order valence-electron chi connectivity index (χ4n) is 1.47. The number of halogens is 1. The van der Waals surface area contributed by atoms with Gasteiger partial charge in [0.05, 0.1) is 11.5 Å². The molecule has 2 N–H and O–H groups in total. The highest BCUT2D eigenvalue weighted by Gasteiger charge is 2.17. The Morgan fingerprint density at radius 2 is 2.20 bits per heavy atom. The molecule has 0 heterocycles. The predicted octanol–water partition coefficient (Wildman–Crippen LogP) is 2.51. The van der Waals surface area contributed by atoms with Crippen LogP contribution in [0.3, 0.4) is 0 Å². The van der Waals surface area contributed by atoms with E-state index in [0.717, 1.165) is 0 Å². The molecule has 0 aliphatic carbocycles. The predicted molar refractivity (Wildman–Crippen MR) is 77.3 cm³/mol. The van der Waals surface area contributed by atoms with Crippen molar-refractivity contribution in [2.75, 3.05) is 18.9 Å². The molecule has 0 bridgehead atoms. The fraction of sp³-hybridized carbons (Fsp3) is 0.308. The van der Waals surface area contributed by atoms with Crippen molar-refractivity contribution in [3.63, 3.8) is 0 Å². The van der Waals surface area contributed by atoms with Crippen LogP contribution in [0.2, 0.25) is 0 Å². The van der Waals surface area contributed by atoms with Gasteiger partial charge >= 0.3 is 12.0 Å². The normalized spacial score (nSPS) is 11.3. The van der Waals surface area contributed by atoms with Gasteiger partial charge in [-0.15, -0.1) is 0 Å². The van der Waals surface area contributed by atoms with Gasteiger partial charge in [-0.25, -0.2) is 4.79 Å². The molecule has 1 unspecified atom stereocenters. The molecule has 0 saturated heterocycles. The number of anilines is 1. The molecule has 2 amide bonds. The summed E-state index contributed by atoms with van der Waals surface area (Å²) in [4.78, 5) is 23.9. The summed E-state index contributed by atoms with van der Waals surface area (Å²) in [6, 6.07) is 6.40. The summed E-state index contributed by atoms with van der Waals surface area (Å²) in [5.41, 5.74) is 0.992. The van der Waals surface area contributed by atoms with E-state index in [1.165, 1.54) is 18.9 Å². The maximum Gasteiger partial charge on any atom is 0.321 e. The van der Waals surface area contributed by atoms with Gasteiger partial charge in [0.15, 0.2) is 0 Å². The fourth-order valence-corrected chi connectivity index (χ4v) is 1.94. The molecule has 0 fully saturated rings. The topological polar surface area (TPSA) is 93.4 Å². The number of amides is 2. The van der Waals surface area contributed by atoms with Crippen molar-refractivity contribution in [1.29, 1.82) is 5.26 Å². The second kappa shape index (κ2) is 6.91. The van der Waals surface area contributed by atoms with Crippen LogP contribution in [0, 0.1) is 17.2 Å². The largest absolute Gasteiger partial charge is 0.481 e. The first-order valence-electron chi connectivity index (χ1n) is 5.79. The quantitative estimate of drug-likeness (QED) is 0.881. The Morgan fingerprint density at radius 3 is 2.70 bits per heavy atom. The maximum atomic E-state index is 11.9. The van der Waals surface area contributed by atoms with Gasteiger partial charge in [-0.05, 0) is 34.1 Å². The van der Waals surface area contributed by atoms with Crippen LogP contribution in [-0.2, 0) is 4.79 Å². The molecule has 7 heteroatoms.